The van der Waals surface area contributed by atoms with Crippen LogP contribution in [0.1, 0.15) is 44.6 Å². The van der Waals surface area contributed by atoms with Gasteiger partial charge in [0, 0.05) is 37.2 Å². The number of ether oxygens (including phenoxy) is 2. The number of aromatic nitrogens is 3. The molecule has 1 aromatic carbocycles. The molecule has 44 heavy (non-hydrogen) atoms. The van der Waals surface area contributed by atoms with E-state index in [0.29, 0.717) is 25.3 Å². The highest BCUT2D eigenvalue weighted by Crippen LogP contribution is 2.47. The minimum Gasteiger partial charge on any atom is -0.472 e. The van der Waals surface area contributed by atoms with Crippen LogP contribution >= 0.6 is 11.6 Å². The van der Waals surface area contributed by atoms with Crippen LogP contribution < -0.4 is 25.4 Å². The summed E-state index contributed by atoms with van der Waals surface area (Å²) in [6.45, 7) is 5.11. The first-order valence-electron chi connectivity index (χ1n) is 15.1. The van der Waals surface area contributed by atoms with E-state index in [-0.39, 0.29) is 58.1 Å². The van der Waals surface area contributed by atoms with Crippen LogP contribution in [0.2, 0.25) is 5.02 Å². The van der Waals surface area contributed by atoms with Crippen LogP contribution in [0.4, 0.5) is 29.1 Å². The highest BCUT2D eigenvalue weighted by molar-refractivity contribution is 6.34. The zero-order chi connectivity index (χ0) is 30.7. The Kier molecular flexibility index (Phi) is 6.39. The van der Waals surface area contributed by atoms with E-state index in [2.05, 4.69) is 25.1 Å². The van der Waals surface area contributed by atoms with Gasteiger partial charge in [0.15, 0.2) is 17.5 Å². The normalized spacial score (nSPS) is 30.8. The van der Waals surface area contributed by atoms with Crippen molar-refractivity contribution in [2.45, 2.75) is 81.9 Å². The molecule has 8 rings (SSSR count). The van der Waals surface area contributed by atoms with Crippen LogP contribution in [-0.2, 0) is 0 Å². The number of nitrogens with two attached hydrogens (primary N) is 1. The number of halogens is 5. The molecule has 0 amide bonds. The topological polar surface area (TPSA) is 102 Å². The monoisotopic (exact) mass is 633 g/mol. The molecule has 5 aliphatic heterocycles. The highest BCUT2D eigenvalue weighted by Gasteiger charge is 2.50. The molecule has 2 bridgehead atoms. The van der Waals surface area contributed by atoms with Crippen LogP contribution in [0.5, 0.6) is 11.9 Å². The van der Waals surface area contributed by atoms with Crippen molar-refractivity contribution >= 4 is 34.0 Å². The molecule has 0 spiro atoms. The fourth-order valence-electron chi connectivity index (χ4n) is 8.19. The maximum absolute atomic E-state index is 16.7. The van der Waals surface area contributed by atoms with E-state index in [9.17, 15) is 8.78 Å². The highest BCUT2D eigenvalue weighted by atomic mass is 35.5. The largest absolute Gasteiger partial charge is 0.472 e. The first-order chi connectivity index (χ1) is 21.1. The van der Waals surface area contributed by atoms with E-state index in [1.54, 1.807) is 0 Å². The van der Waals surface area contributed by atoms with Gasteiger partial charge in [-0.15, -0.1) is 0 Å². The third-order valence-electron chi connectivity index (χ3n) is 10.3. The molecular weight excluding hydrogens is 602 g/mol. The van der Waals surface area contributed by atoms with E-state index in [1.807, 2.05) is 6.92 Å². The Hall–Kier alpha value is -3.16. The van der Waals surface area contributed by atoms with E-state index in [1.165, 1.54) is 6.92 Å². The van der Waals surface area contributed by atoms with E-state index in [4.69, 9.17) is 31.8 Å². The zero-order valence-corrected chi connectivity index (χ0v) is 25.0. The summed E-state index contributed by atoms with van der Waals surface area (Å²) < 4.78 is 73.8. The fraction of sp³-hybridized carbons (Fsp3) is 0.567. The lowest BCUT2D eigenvalue weighted by molar-refractivity contribution is 0.107. The Morgan fingerprint density at radius 1 is 1.14 bits per heavy atom. The van der Waals surface area contributed by atoms with Gasteiger partial charge in [0.1, 0.15) is 47.0 Å². The van der Waals surface area contributed by atoms with Crippen molar-refractivity contribution < 1.29 is 27.0 Å². The number of hydrogen-bond acceptors (Lipinski definition) is 9. The predicted molar refractivity (Wildman–Crippen MR) is 157 cm³/mol. The summed E-state index contributed by atoms with van der Waals surface area (Å²) in [6, 6.07) is 0.0450. The zero-order valence-electron chi connectivity index (χ0n) is 24.3. The number of nitrogen functional groups attached to an aromatic ring is 1. The number of hydrogen-bond donors (Lipinski definition) is 2. The Morgan fingerprint density at radius 2 is 1.95 bits per heavy atom. The number of nitrogens with one attached hydrogen (secondary N) is 1. The summed E-state index contributed by atoms with van der Waals surface area (Å²) >= 11 is 6.40. The Labute approximate surface area is 256 Å². The van der Waals surface area contributed by atoms with Gasteiger partial charge < -0.3 is 25.4 Å². The molecule has 0 radical (unpaired) electrons. The summed E-state index contributed by atoms with van der Waals surface area (Å²) in [4.78, 5) is 18.0. The van der Waals surface area contributed by atoms with Crippen LogP contribution in [0.25, 0.3) is 22.2 Å². The first kappa shape index (κ1) is 28.3. The number of pyridine rings is 1. The molecular formula is C30H32ClF4N7O2. The maximum Gasteiger partial charge on any atom is 0.319 e. The van der Waals surface area contributed by atoms with Gasteiger partial charge >= 0.3 is 6.01 Å². The molecule has 3 N–H and O–H groups in total. The molecule has 234 valence electrons. The van der Waals surface area contributed by atoms with E-state index < -0.39 is 52.2 Å². The summed E-state index contributed by atoms with van der Waals surface area (Å²) in [5, 5.41) is 3.51. The predicted octanol–water partition coefficient (Wildman–Crippen LogP) is 4.70. The van der Waals surface area contributed by atoms with Crippen LogP contribution in [0.3, 0.4) is 0 Å². The van der Waals surface area contributed by atoms with Gasteiger partial charge in [0.25, 0.3) is 0 Å². The molecule has 4 fully saturated rings. The van der Waals surface area contributed by atoms with E-state index in [0.717, 1.165) is 32.2 Å². The first-order valence-corrected chi connectivity index (χ1v) is 15.5. The van der Waals surface area contributed by atoms with Gasteiger partial charge in [0.05, 0.1) is 22.2 Å². The van der Waals surface area contributed by atoms with Crippen LogP contribution in [-0.4, -0.2) is 82.0 Å². The SMILES string of the molecule is Cc1c(F)c(N)c(F)c(-c2nc3c4c(nc(OC[C@@]56CCCN5C[C@H](F)C6)nc4c2F)N2C[C@H]4CC[C@H](N4)[C@H]2[C@H](C)O3)c1Cl. The van der Waals surface area contributed by atoms with Crippen molar-refractivity contribution in [2.24, 2.45) is 0 Å². The lowest BCUT2D eigenvalue weighted by Gasteiger charge is -2.42. The van der Waals surface area contributed by atoms with Crippen molar-refractivity contribution in [2.75, 3.05) is 36.9 Å². The molecule has 0 aliphatic carbocycles. The standard InChI is InChI=1S/C30H32ClF4N7O2/c1-12-19(31)17(21(34)23(36)20(12)33)24-22(35)25-18-27(40-29(39-25)43-11-30-6-3-7-41(30)9-14(32)8-30)42-10-15-4-5-16(37-15)26(42)13(2)44-28(18)38-24/h13-16,26,37H,3-11,36H2,1-2H3/t13-,14+,15+,16-,26+,30-/m0/s1. The molecule has 5 aliphatic rings. The lowest BCUT2D eigenvalue weighted by atomic mass is 9.95. The second kappa shape index (κ2) is 9.92. The molecule has 6 atom stereocenters. The van der Waals surface area contributed by atoms with Gasteiger partial charge in [-0.05, 0) is 46.1 Å². The minimum absolute atomic E-state index is 0.00312. The molecule has 4 saturated heterocycles. The maximum atomic E-state index is 16.7. The van der Waals surface area contributed by atoms with Crippen LogP contribution in [0.15, 0.2) is 0 Å². The third-order valence-corrected chi connectivity index (χ3v) is 10.7. The van der Waals surface area contributed by atoms with Gasteiger partial charge in [-0.2, -0.15) is 9.97 Å². The van der Waals surface area contributed by atoms with Crippen molar-refractivity contribution in [3.63, 3.8) is 0 Å². The molecule has 0 unspecified atom stereocenters. The average molecular weight is 634 g/mol. The molecule has 7 heterocycles. The third kappa shape index (κ3) is 4.00. The number of anilines is 2. The smallest absolute Gasteiger partial charge is 0.319 e. The number of fused-ring (bicyclic) bond motifs is 6. The van der Waals surface area contributed by atoms with Gasteiger partial charge in [0.2, 0.25) is 5.88 Å². The Bertz CT molecular complexity index is 1690. The van der Waals surface area contributed by atoms with Crippen molar-refractivity contribution in [1.82, 2.24) is 25.2 Å². The van der Waals surface area contributed by atoms with Crippen molar-refractivity contribution in [3.05, 3.63) is 28.0 Å². The molecule has 3 aromatic rings. The van der Waals surface area contributed by atoms with Gasteiger partial charge in [-0.25, -0.2) is 22.5 Å². The van der Waals surface area contributed by atoms with Crippen molar-refractivity contribution in [3.8, 4) is 23.1 Å². The number of piperazine rings is 1. The summed E-state index contributed by atoms with van der Waals surface area (Å²) in [5.41, 5.74) is 3.11. The van der Waals surface area contributed by atoms with Gasteiger partial charge in [-0.1, -0.05) is 11.6 Å². The number of nitrogens with zero attached hydrogens (tertiary/aromatic N) is 5. The van der Waals surface area contributed by atoms with Crippen LogP contribution in [0, 0.1) is 24.4 Å². The summed E-state index contributed by atoms with van der Waals surface area (Å²) in [5.74, 6) is -2.85. The Balaban J connectivity index is 1.32. The number of alkyl halides is 1. The molecule has 0 saturated carbocycles. The average Bonchev–Trinajstić information content (AvgIpc) is 3.64. The molecule has 2 aromatic heterocycles. The summed E-state index contributed by atoms with van der Waals surface area (Å²) in [7, 11) is 0. The second-order valence-electron chi connectivity index (χ2n) is 12.9. The molecule has 9 nitrogen and oxygen atoms in total. The van der Waals surface area contributed by atoms with E-state index >= 15 is 8.78 Å². The second-order valence-corrected chi connectivity index (χ2v) is 13.2. The minimum atomic E-state index is -1.23. The summed E-state index contributed by atoms with van der Waals surface area (Å²) in [6.07, 6.45) is 2.59. The number of benzene rings is 1. The van der Waals surface area contributed by atoms with Gasteiger partial charge in [-0.3, -0.25) is 4.90 Å². The number of rotatable bonds is 4. The fourth-order valence-corrected chi connectivity index (χ4v) is 8.44. The van der Waals surface area contributed by atoms with Crippen molar-refractivity contribution in [1.29, 1.82) is 0 Å². The molecule has 14 heteroatoms. The quantitative estimate of drug-likeness (QED) is 0.313. The Morgan fingerprint density at radius 3 is 2.77 bits per heavy atom. The lowest BCUT2D eigenvalue weighted by Crippen LogP contribution is -2.62.